The zero-order chi connectivity index (χ0) is 8.57. The van der Waals surface area contributed by atoms with Crippen LogP contribution in [0.15, 0.2) is 11.6 Å². The number of thiocarbonyl (C=S) groups is 1. The lowest BCUT2D eigenvalue weighted by atomic mass is 10.3. The fourth-order valence-corrected chi connectivity index (χ4v) is 0.183. The van der Waals surface area contributed by atoms with Gasteiger partial charge in [-0.3, -0.25) is 0 Å². The first-order valence-electron chi connectivity index (χ1n) is 2.94. The van der Waals surface area contributed by atoms with Crippen LogP contribution in [0.5, 0.6) is 0 Å². The van der Waals surface area contributed by atoms with Crippen molar-refractivity contribution < 1.29 is 10.2 Å². The molecule has 60 valence electrons. The number of rotatable bonds is 1. The number of hydrogen-bond donors (Lipinski definition) is 2. The molecule has 3 heteroatoms. The number of hydrogen-bond acceptors (Lipinski definition) is 2. The lowest BCUT2D eigenvalue weighted by molar-refractivity contribution is 0.342. The summed E-state index contributed by atoms with van der Waals surface area (Å²) in [4.78, 5) is 0. The Balaban J connectivity index is 0. The van der Waals surface area contributed by atoms with Crippen LogP contribution in [0.3, 0.4) is 0 Å². The minimum absolute atomic E-state index is 0.000000000000000222. The highest BCUT2D eigenvalue weighted by atomic mass is 32.1. The van der Waals surface area contributed by atoms with Crippen molar-refractivity contribution in [1.29, 1.82) is 0 Å². The first kappa shape index (κ1) is 12.3. The predicted octanol–water partition coefficient (Wildman–Crippen LogP) is 1.84. The van der Waals surface area contributed by atoms with Gasteiger partial charge in [-0.25, -0.2) is 0 Å². The molecule has 0 amide bonds. The quantitative estimate of drug-likeness (QED) is 0.456. The van der Waals surface area contributed by atoms with E-state index < -0.39 is 0 Å². The lowest BCUT2D eigenvalue weighted by Gasteiger charge is -1.80. The van der Waals surface area contributed by atoms with Gasteiger partial charge in [-0.05, 0) is 26.1 Å². The summed E-state index contributed by atoms with van der Waals surface area (Å²) in [6, 6.07) is 0. The standard InChI is InChI=1S/C5H10O.C2H4OS/c1-5(2)3-4-6;1-2(3)4/h3,6H,4H2,1-2H3;1H3,(H,3,4). The highest BCUT2D eigenvalue weighted by Gasteiger charge is 1.68. The second kappa shape index (κ2) is 8.59. The Morgan fingerprint density at radius 1 is 1.40 bits per heavy atom. The maximum atomic E-state index is 8.16. The maximum Gasteiger partial charge on any atom is 0.153 e. The molecule has 0 spiro atoms. The molecule has 0 radical (unpaired) electrons. The van der Waals surface area contributed by atoms with E-state index in [9.17, 15) is 0 Å². The van der Waals surface area contributed by atoms with Crippen molar-refractivity contribution in [3.63, 3.8) is 0 Å². The van der Waals surface area contributed by atoms with E-state index in [1.54, 1.807) is 6.08 Å². The first-order chi connectivity index (χ1) is 4.50. The molecule has 0 unspecified atom stereocenters. The van der Waals surface area contributed by atoms with E-state index in [0.717, 1.165) is 5.57 Å². The Morgan fingerprint density at radius 3 is 1.70 bits per heavy atom. The van der Waals surface area contributed by atoms with Gasteiger partial charge in [0.2, 0.25) is 0 Å². The summed E-state index contributed by atoms with van der Waals surface area (Å²) >= 11 is 4.09. The molecule has 0 aliphatic carbocycles. The van der Waals surface area contributed by atoms with Crippen LogP contribution in [-0.2, 0) is 0 Å². The largest absolute Gasteiger partial charge is 0.502 e. The van der Waals surface area contributed by atoms with E-state index in [1.165, 1.54) is 6.92 Å². The van der Waals surface area contributed by atoms with Gasteiger partial charge in [0.1, 0.15) is 0 Å². The number of allylic oxidation sites excluding steroid dienone is 1. The summed E-state index contributed by atoms with van der Waals surface area (Å²) in [5.41, 5.74) is 1.16. The van der Waals surface area contributed by atoms with Crippen LogP contribution in [0.25, 0.3) is 0 Å². The van der Waals surface area contributed by atoms with Crippen LogP contribution in [-0.4, -0.2) is 21.9 Å². The van der Waals surface area contributed by atoms with Crippen molar-refractivity contribution in [2.45, 2.75) is 20.8 Å². The molecule has 0 saturated carbocycles. The monoisotopic (exact) mass is 162 g/mol. The molecule has 2 N–H and O–H groups in total. The summed E-state index contributed by atoms with van der Waals surface area (Å²) in [6.45, 7) is 5.53. The van der Waals surface area contributed by atoms with E-state index in [2.05, 4.69) is 12.2 Å². The normalized spacial score (nSPS) is 7.20. The van der Waals surface area contributed by atoms with E-state index in [0.29, 0.717) is 0 Å². The summed E-state index contributed by atoms with van der Waals surface area (Å²) in [6.07, 6.45) is 1.76. The third kappa shape index (κ3) is 49.1. The van der Waals surface area contributed by atoms with Gasteiger partial charge >= 0.3 is 0 Å². The molecule has 10 heavy (non-hydrogen) atoms. The van der Waals surface area contributed by atoms with Gasteiger partial charge in [0.15, 0.2) is 5.05 Å². The van der Waals surface area contributed by atoms with Crippen LogP contribution in [0, 0.1) is 0 Å². The van der Waals surface area contributed by atoms with Gasteiger partial charge in [-0.15, -0.1) is 0 Å². The van der Waals surface area contributed by atoms with Gasteiger partial charge in [0.05, 0.1) is 6.61 Å². The molecule has 0 aliphatic heterocycles. The third-order valence-electron chi connectivity index (χ3n) is 0.500. The molecule has 0 bridgehead atoms. The molecule has 0 rings (SSSR count). The molecule has 0 aromatic carbocycles. The maximum absolute atomic E-state index is 8.16. The van der Waals surface area contributed by atoms with Crippen molar-refractivity contribution in [2.75, 3.05) is 6.61 Å². The molecule has 0 fully saturated rings. The van der Waals surface area contributed by atoms with Crippen LogP contribution in [0.1, 0.15) is 20.8 Å². The highest BCUT2D eigenvalue weighted by molar-refractivity contribution is 7.79. The Kier molecular flexibility index (Phi) is 10.6. The molecular formula is C7H14O2S. The van der Waals surface area contributed by atoms with E-state index in [-0.39, 0.29) is 11.7 Å². The molecule has 0 heterocycles. The van der Waals surface area contributed by atoms with E-state index >= 15 is 0 Å². The number of aliphatic hydroxyl groups is 2. The molecule has 0 saturated heterocycles. The summed E-state index contributed by atoms with van der Waals surface area (Å²) in [5, 5.41) is 15.9. The van der Waals surface area contributed by atoms with Gasteiger partial charge in [-0.2, -0.15) is 0 Å². The topological polar surface area (TPSA) is 40.5 Å². The Bertz CT molecular complexity index is 111. The van der Waals surface area contributed by atoms with Crippen LogP contribution in [0.4, 0.5) is 0 Å². The van der Waals surface area contributed by atoms with Gasteiger partial charge in [0.25, 0.3) is 0 Å². The van der Waals surface area contributed by atoms with Crippen LogP contribution >= 0.6 is 12.2 Å². The molecular weight excluding hydrogens is 148 g/mol. The SMILES string of the molecule is CC(C)=CCO.CC(O)=S. The van der Waals surface area contributed by atoms with Gasteiger partial charge in [-0.1, -0.05) is 11.6 Å². The van der Waals surface area contributed by atoms with Crippen molar-refractivity contribution in [3.8, 4) is 0 Å². The summed E-state index contributed by atoms with van der Waals surface area (Å²) in [7, 11) is 0. The van der Waals surface area contributed by atoms with E-state index in [1.807, 2.05) is 13.8 Å². The highest BCUT2D eigenvalue weighted by Crippen LogP contribution is 1.83. The zero-order valence-electron chi connectivity index (χ0n) is 6.59. The fourth-order valence-electron chi connectivity index (χ4n) is 0.183. The Labute approximate surface area is 67.2 Å². The van der Waals surface area contributed by atoms with Crippen molar-refractivity contribution in [2.24, 2.45) is 0 Å². The molecule has 0 atom stereocenters. The van der Waals surface area contributed by atoms with Crippen LogP contribution < -0.4 is 0 Å². The smallest absolute Gasteiger partial charge is 0.153 e. The number of aliphatic hydroxyl groups excluding tert-OH is 2. The fraction of sp³-hybridized carbons (Fsp3) is 0.571. The third-order valence-corrected chi connectivity index (χ3v) is 0.500. The second-order valence-corrected chi connectivity index (χ2v) is 2.57. The summed E-state index contributed by atoms with van der Waals surface area (Å²) < 4.78 is 0. The van der Waals surface area contributed by atoms with Crippen molar-refractivity contribution >= 4 is 17.3 Å². The molecule has 2 nitrogen and oxygen atoms in total. The van der Waals surface area contributed by atoms with E-state index in [4.69, 9.17) is 10.2 Å². The molecule has 0 aromatic heterocycles. The van der Waals surface area contributed by atoms with Crippen LogP contribution in [0.2, 0.25) is 0 Å². The minimum Gasteiger partial charge on any atom is -0.502 e. The Hall–Kier alpha value is -0.410. The van der Waals surface area contributed by atoms with Crippen molar-refractivity contribution in [1.82, 2.24) is 0 Å². The second-order valence-electron chi connectivity index (χ2n) is 1.98. The first-order valence-corrected chi connectivity index (χ1v) is 3.35. The predicted molar refractivity (Wildman–Crippen MR) is 47.4 cm³/mol. The molecule has 0 aromatic rings. The van der Waals surface area contributed by atoms with Gasteiger partial charge < -0.3 is 10.2 Å². The molecule has 0 aliphatic rings. The lowest BCUT2D eigenvalue weighted by Crippen LogP contribution is -1.72. The average Bonchev–Trinajstić information content (AvgIpc) is 1.62. The van der Waals surface area contributed by atoms with Gasteiger partial charge in [0, 0.05) is 6.92 Å². The minimum atomic E-state index is 0.000000000000000222. The van der Waals surface area contributed by atoms with Crippen molar-refractivity contribution in [3.05, 3.63) is 11.6 Å². The zero-order valence-corrected chi connectivity index (χ0v) is 7.40. The Morgan fingerprint density at radius 2 is 1.70 bits per heavy atom. The summed E-state index contributed by atoms with van der Waals surface area (Å²) in [5.74, 6) is 0. The average molecular weight is 162 g/mol.